The first-order valence-electron chi connectivity index (χ1n) is 8.10. The smallest absolute Gasteiger partial charge is 0.225 e. The number of anilines is 2. The van der Waals surface area contributed by atoms with Crippen molar-refractivity contribution >= 4 is 29.1 Å². The van der Waals surface area contributed by atoms with E-state index in [0.717, 1.165) is 0 Å². The fourth-order valence-corrected chi connectivity index (χ4v) is 2.94. The van der Waals surface area contributed by atoms with Crippen LogP contribution in [0.5, 0.6) is 0 Å². The van der Waals surface area contributed by atoms with Crippen LogP contribution in [-0.4, -0.2) is 59.8 Å². The summed E-state index contributed by atoms with van der Waals surface area (Å²) in [5.41, 5.74) is 6.46. The number of nitrogens with two attached hydrogens (primary N) is 1. The number of nitrogens with zero attached hydrogens (tertiary/aromatic N) is 4. The van der Waals surface area contributed by atoms with Crippen molar-refractivity contribution < 1.29 is 14.4 Å². The van der Waals surface area contributed by atoms with Gasteiger partial charge in [0.2, 0.25) is 5.91 Å². The molecule has 1 aromatic carbocycles. The van der Waals surface area contributed by atoms with E-state index in [9.17, 15) is 14.4 Å². The highest BCUT2D eigenvalue weighted by Gasteiger charge is 2.36. The fraction of sp³-hybridized carbons (Fsp3) is 0.278. The van der Waals surface area contributed by atoms with E-state index in [0.29, 0.717) is 13.1 Å². The molecule has 0 aliphatic heterocycles. The summed E-state index contributed by atoms with van der Waals surface area (Å²) in [4.78, 5) is 41.4. The maximum absolute atomic E-state index is 13.1. The van der Waals surface area contributed by atoms with Crippen LogP contribution in [0.3, 0.4) is 0 Å². The highest BCUT2D eigenvalue weighted by molar-refractivity contribution is 6.31. The summed E-state index contributed by atoms with van der Waals surface area (Å²) in [5, 5.41) is 7.82. The molecule has 26 heavy (non-hydrogen) atoms. The van der Waals surface area contributed by atoms with Crippen molar-refractivity contribution in [3.8, 4) is 0 Å². The number of amides is 1. The Kier molecular flexibility index (Phi) is 4.52. The summed E-state index contributed by atoms with van der Waals surface area (Å²) in [6.07, 6.45) is 0. The van der Waals surface area contributed by atoms with E-state index in [-0.39, 0.29) is 51.4 Å². The Hall–Kier alpha value is -3.13. The summed E-state index contributed by atoms with van der Waals surface area (Å²) >= 11 is 0. The number of carbonyl (C=O) groups excluding carboxylic acids is 3. The molecule has 3 rings (SSSR count). The monoisotopic (exact) mass is 353 g/mol. The van der Waals surface area contributed by atoms with Gasteiger partial charge in [-0.1, -0.05) is 24.3 Å². The van der Waals surface area contributed by atoms with E-state index in [4.69, 9.17) is 5.73 Å². The molecule has 2 aromatic rings. The second-order valence-corrected chi connectivity index (χ2v) is 6.34. The first kappa shape index (κ1) is 17.7. The van der Waals surface area contributed by atoms with Crippen molar-refractivity contribution in [2.75, 3.05) is 37.8 Å². The van der Waals surface area contributed by atoms with Crippen LogP contribution < -0.4 is 10.6 Å². The number of hydrogen-bond acceptors (Lipinski definition) is 7. The van der Waals surface area contributed by atoms with Gasteiger partial charge < -0.3 is 10.6 Å². The molecular formula is C18H19N5O3. The van der Waals surface area contributed by atoms with Crippen LogP contribution >= 0.6 is 0 Å². The molecule has 1 aliphatic rings. The van der Waals surface area contributed by atoms with Gasteiger partial charge in [-0.2, -0.15) is 0 Å². The highest BCUT2D eigenvalue weighted by atomic mass is 16.2. The van der Waals surface area contributed by atoms with E-state index >= 15 is 0 Å². The second-order valence-electron chi connectivity index (χ2n) is 6.34. The summed E-state index contributed by atoms with van der Waals surface area (Å²) in [7, 11) is 3.74. The molecule has 134 valence electrons. The maximum atomic E-state index is 13.1. The molecule has 2 N–H and O–H groups in total. The van der Waals surface area contributed by atoms with Crippen LogP contribution in [-0.2, 0) is 4.79 Å². The lowest BCUT2D eigenvalue weighted by molar-refractivity contribution is -0.116. The molecule has 0 unspecified atom stereocenters. The SMILES string of the molecule is CC(=O)N(CCN(C)C)c1nnc(N)c2c1C(=O)c1ccccc1C2=O. The Balaban J connectivity index is 2.20. The van der Waals surface area contributed by atoms with E-state index in [2.05, 4.69) is 10.2 Å². The fourth-order valence-electron chi connectivity index (χ4n) is 2.94. The van der Waals surface area contributed by atoms with Gasteiger partial charge in [0.15, 0.2) is 23.2 Å². The third-order valence-corrected chi connectivity index (χ3v) is 4.26. The number of hydrogen-bond donors (Lipinski definition) is 1. The molecule has 0 fully saturated rings. The summed E-state index contributed by atoms with van der Waals surface area (Å²) in [6, 6.07) is 6.52. The summed E-state index contributed by atoms with van der Waals surface area (Å²) in [6.45, 7) is 2.23. The Morgan fingerprint density at radius 2 is 1.58 bits per heavy atom. The lowest BCUT2D eigenvalue weighted by atomic mass is 9.84. The van der Waals surface area contributed by atoms with Crippen molar-refractivity contribution in [1.29, 1.82) is 0 Å². The van der Waals surface area contributed by atoms with Crippen molar-refractivity contribution in [3.63, 3.8) is 0 Å². The molecule has 1 amide bonds. The van der Waals surface area contributed by atoms with Crippen LogP contribution in [0.25, 0.3) is 0 Å². The van der Waals surface area contributed by atoms with Gasteiger partial charge >= 0.3 is 0 Å². The molecule has 0 bridgehead atoms. The van der Waals surface area contributed by atoms with Gasteiger partial charge in [-0.3, -0.25) is 19.3 Å². The molecule has 0 saturated heterocycles. The zero-order valence-electron chi connectivity index (χ0n) is 14.8. The molecular weight excluding hydrogens is 334 g/mol. The molecule has 0 atom stereocenters. The molecule has 0 spiro atoms. The number of rotatable bonds is 4. The summed E-state index contributed by atoms with van der Waals surface area (Å²) < 4.78 is 0. The number of carbonyl (C=O) groups is 3. The molecule has 1 heterocycles. The number of nitrogen functional groups attached to an aromatic ring is 1. The van der Waals surface area contributed by atoms with Crippen LogP contribution in [0.2, 0.25) is 0 Å². The molecule has 0 saturated carbocycles. The zero-order chi connectivity index (χ0) is 19.0. The minimum absolute atomic E-state index is 0.00908. The quantitative estimate of drug-likeness (QED) is 0.737. The standard InChI is InChI=1S/C18H19N5O3/c1-10(24)23(9-8-22(2)3)18-14-13(17(19)20-21-18)15(25)11-6-4-5-7-12(11)16(14)26/h4-7H,8-9H2,1-3H3,(H2,19,20). The van der Waals surface area contributed by atoms with Crippen molar-refractivity contribution in [2.45, 2.75) is 6.92 Å². The van der Waals surface area contributed by atoms with E-state index in [1.807, 2.05) is 19.0 Å². The largest absolute Gasteiger partial charge is 0.382 e. The zero-order valence-corrected chi connectivity index (χ0v) is 14.8. The first-order valence-corrected chi connectivity index (χ1v) is 8.10. The van der Waals surface area contributed by atoms with Crippen molar-refractivity contribution in [2.24, 2.45) is 0 Å². The number of ketones is 2. The molecule has 1 aromatic heterocycles. The first-order chi connectivity index (χ1) is 12.3. The van der Waals surface area contributed by atoms with Crippen LogP contribution in [0.15, 0.2) is 24.3 Å². The van der Waals surface area contributed by atoms with Crippen LogP contribution in [0.4, 0.5) is 11.6 Å². The van der Waals surface area contributed by atoms with Crippen LogP contribution in [0, 0.1) is 0 Å². The number of aromatic nitrogens is 2. The normalized spacial score (nSPS) is 12.8. The molecule has 1 aliphatic carbocycles. The average molecular weight is 353 g/mol. The topological polar surface area (TPSA) is 109 Å². The Bertz CT molecular complexity index is 923. The second kappa shape index (κ2) is 6.64. The van der Waals surface area contributed by atoms with Crippen molar-refractivity contribution in [1.82, 2.24) is 15.1 Å². The van der Waals surface area contributed by atoms with E-state index in [1.54, 1.807) is 24.3 Å². The third-order valence-electron chi connectivity index (χ3n) is 4.26. The van der Waals surface area contributed by atoms with Gasteiger partial charge in [-0.05, 0) is 14.1 Å². The lowest BCUT2D eigenvalue weighted by Crippen LogP contribution is -2.38. The van der Waals surface area contributed by atoms with Gasteiger partial charge in [0, 0.05) is 31.1 Å². The third kappa shape index (κ3) is 2.84. The minimum Gasteiger partial charge on any atom is -0.382 e. The molecule has 8 nitrogen and oxygen atoms in total. The van der Waals surface area contributed by atoms with Gasteiger partial charge in [-0.25, -0.2) is 0 Å². The molecule has 0 radical (unpaired) electrons. The maximum Gasteiger partial charge on any atom is 0.225 e. The highest BCUT2D eigenvalue weighted by Crippen LogP contribution is 2.34. The van der Waals surface area contributed by atoms with Gasteiger partial charge in [-0.15, -0.1) is 10.2 Å². The van der Waals surface area contributed by atoms with E-state index < -0.39 is 0 Å². The van der Waals surface area contributed by atoms with Gasteiger partial charge in [0.25, 0.3) is 0 Å². The average Bonchev–Trinajstić information content (AvgIpc) is 2.60. The molecule has 8 heteroatoms. The number of benzene rings is 1. The van der Waals surface area contributed by atoms with Gasteiger partial charge in [0.05, 0.1) is 11.1 Å². The van der Waals surface area contributed by atoms with E-state index in [1.165, 1.54) is 11.8 Å². The number of likely N-dealkylation sites (N-methyl/N-ethyl adjacent to an activating group) is 1. The minimum atomic E-state index is -0.389. The summed E-state index contributed by atoms with van der Waals surface area (Å²) in [5.74, 6) is -1.13. The predicted octanol–water partition coefficient (Wildman–Crippen LogP) is 0.749. The Morgan fingerprint density at radius 1 is 1.00 bits per heavy atom. The Morgan fingerprint density at radius 3 is 2.12 bits per heavy atom. The van der Waals surface area contributed by atoms with Gasteiger partial charge in [0.1, 0.15) is 0 Å². The van der Waals surface area contributed by atoms with Crippen LogP contribution in [0.1, 0.15) is 38.8 Å². The lowest BCUT2D eigenvalue weighted by Gasteiger charge is -2.26. The Labute approximate surface area is 150 Å². The van der Waals surface area contributed by atoms with Crippen molar-refractivity contribution in [3.05, 3.63) is 46.5 Å². The number of fused-ring (bicyclic) bond motifs is 2. The predicted molar refractivity (Wildman–Crippen MR) is 96.3 cm³/mol.